The maximum atomic E-state index is 15.2. The fourth-order valence-corrected chi connectivity index (χ4v) is 6.48. The summed E-state index contributed by atoms with van der Waals surface area (Å²) in [7, 11) is 1.44. The van der Waals surface area contributed by atoms with Crippen molar-refractivity contribution in [3.8, 4) is 33.6 Å². The molecule has 10 nitrogen and oxygen atoms in total. The number of rotatable bonds is 8. The molecule has 1 unspecified atom stereocenters. The molecule has 230 valence electrons. The number of hydrogen-bond donors (Lipinski definition) is 4. The van der Waals surface area contributed by atoms with E-state index in [0.29, 0.717) is 23.6 Å². The summed E-state index contributed by atoms with van der Waals surface area (Å²) in [4.78, 5) is 43.7. The summed E-state index contributed by atoms with van der Waals surface area (Å²) >= 11 is 0. The molecule has 6 rings (SSSR count). The van der Waals surface area contributed by atoms with Crippen LogP contribution in [-0.2, 0) is 4.79 Å². The zero-order valence-electron chi connectivity index (χ0n) is 25.2. The number of halogens is 1. The third-order valence-electron chi connectivity index (χ3n) is 8.82. The van der Waals surface area contributed by atoms with Gasteiger partial charge in [-0.1, -0.05) is 44.2 Å². The van der Waals surface area contributed by atoms with Gasteiger partial charge in [0.15, 0.2) is 0 Å². The second-order valence-electron chi connectivity index (χ2n) is 12.1. The number of carboxylic acid groups (broad SMARTS) is 1. The molecule has 0 bridgehead atoms. The van der Waals surface area contributed by atoms with E-state index in [-0.39, 0.29) is 29.7 Å². The zero-order chi connectivity index (χ0) is 31.0. The van der Waals surface area contributed by atoms with Crippen LogP contribution in [0.15, 0.2) is 54.9 Å². The Labute approximate surface area is 255 Å². The van der Waals surface area contributed by atoms with Crippen molar-refractivity contribution in [1.29, 1.82) is 0 Å². The third kappa shape index (κ3) is 5.71. The number of H-pyrrole nitrogens is 2. The van der Waals surface area contributed by atoms with Gasteiger partial charge in [-0.25, -0.2) is 19.2 Å². The molecule has 2 amide bonds. The zero-order valence-corrected chi connectivity index (χ0v) is 25.2. The Kier molecular flexibility index (Phi) is 8.22. The van der Waals surface area contributed by atoms with E-state index in [1.165, 1.54) is 7.05 Å². The van der Waals surface area contributed by atoms with Gasteiger partial charge in [-0.2, -0.15) is 0 Å². The number of aromatic amines is 2. The molecular weight excluding hydrogens is 561 g/mol. The van der Waals surface area contributed by atoms with Gasteiger partial charge in [-0.3, -0.25) is 9.69 Å². The Hall–Kier alpha value is -4.51. The van der Waals surface area contributed by atoms with Gasteiger partial charge in [-0.15, -0.1) is 0 Å². The van der Waals surface area contributed by atoms with Crippen LogP contribution in [0.3, 0.4) is 0 Å². The van der Waals surface area contributed by atoms with Gasteiger partial charge in [0.05, 0.1) is 35.9 Å². The van der Waals surface area contributed by atoms with E-state index in [1.54, 1.807) is 29.4 Å². The van der Waals surface area contributed by atoms with Crippen LogP contribution in [0.4, 0.5) is 9.18 Å². The molecule has 4 aromatic rings. The molecule has 2 aliphatic heterocycles. The molecule has 2 aromatic heterocycles. The van der Waals surface area contributed by atoms with E-state index < -0.39 is 12.1 Å². The second kappa shape index (κ2) is 12.2. The van der Waals surface area contributed by atoms with Gasteiger partial charge in [-0.05, 0) is 67.0 Å². The van der Waals surface area contributed by atoms with Crippen LogP contribution >= 0.6 is 0 Å². The monoisotopic (exact) mass is 599 g/mol. The topological polar surface area (TPSA) is 130 Å². The first-order chi connectivity index (χ1) is 21.2. The fraction of sp³-hybridized carbons (Fsp3) is 0.394. The Morgan fingerprint density at radius 1 is 0.955 bits per heavy atom. The van der Waals surface area contributed by atoms with Crippen LogP contribution in [0.25, 0.3) is 33.6 Å². The predicted molar refractivity (Wildman–Crippen MR) is 165 cm³/mol. The summed E-state index contributed by atoms with van der Waals surface area (Å²) in [5.41, 5.74) is 4.53. The molecule has 0 saturated carbocycles. The lowest BCUT2D eigenvalue weighted by Crippen LogP contribution is -2.51. The number of imidazole rings is 2. The Morgan fingerprint density at radius 2 is 1.64 bits per heavy atom. The number of benzene rings is 2. The normalized spacial score (nSPS) is 19.1. The minimum Gasteiger partial charge on any atom is -0.465 e. The van der Waals surface area contributed by atoms with Gasteiger partial charge in [0.2, 0.25) is 5.91 Å². The molecule has 2 aliphatic rings. The largest absolute Gasteiger partial charge is 0.465 e. The number of nitrogens with zero attached hydrogens (tertiary/aromatic N) is 4. The quantitative estimate of drug-likeness (QED) is 0.197. The van der Waals surface area contributed by atoms with E-state index in [1.807, 2.05) is 44.2 Å². The molecule has 0 aliphatic carbocycles. The lowest BCUT2D eigenvalue weighted by atomic mass is 10.0. The van der Waals surface area contributed by atoms with Crippen molar-refractivity contribution in [1.82, 2.24) is 35.1 Å². The molecule has 4 heterocycles. The SMILES string of the molecule is CC(C)[C@@H](C(=O)N1CCC[C@H]1c1ncc(-c2ccc(-c3ccc(-c4cnc(C5CCCN5)[nH]4)c(F)c3)cc2)[nH]1)N(C)C(=O)O. The van der Waals surface area contributed by atoms with E-state index in [2.05, 4.69) is 25.3 Å². The number of amides is 2. The molecule has 0 spiro atoms. The highest BCUT2D eigenvalue weighted by molar-refractivity contribution is 5.86. The van der Waals surface area contributed by atoms with E-state index in [0.717, 1.165) is 65.3 Å². The summed E-state index contributed by atoms with van der Waals surface area (Å²) in [6.45, 7) is 5.24. The van der Waals surface area contributed by atoms with Gasteiger partial charge < -0.3 is 25.3 Å². The first-order valence-electron chi connectivity index (χ1n) is 15.2. The number of carbonyl (C=O) groups is 2. The first kappa shape index (κ1) is 29.6. The van der Waals surface area contributed by atoms with E-state index in [9.17, 15) is 14.7 Å². The Balaban J connectivity index is 1.16. The number of likely N-dealkylation sites (tertiary alicyclic amines) is 1. The molecule has 44 heavy (non-hydrogen) atoms. The van der Waals surface area contributed by atoms with Crippen LogP contribution in [0.5, 0.6) is 0 Å². The van der Waals surface area contributed by atoms with Crippen LogP contribution < -0.4 is 5.32 Å². The average Bonchev–Trinajstić information content (AvgIpc) is 3.83. The lowest BCUT2D eigenvalue weighted by molar-refractivity contribution is -0.138. The van der Waals surface area contributed by atoms with Crippen molar-refractivity contribution >= 4 is 12.0 Å². The van der Waals surface area contributed by atoms with Crippen LogP contribution in [-0.4, -0.2) is 73.0 Å². The van der Waals surface area contributed by atoms with Crippen LogP contribution in [0.1, 0.15) is 63.3 Å². The fourth-order valence-electron chi connectivity index (χ4n) is 6.48. The Morgan fingerprint density at radius 3 is 2.32 bits per heavy atom. The highest BCUT2D eigenvalue weighted by Gasteiger charge is 2.39. The van der Waals surface area contributed by atoms with Gasteiger partial charge in [0, 0.05) is 19.2 Å². The predicted octanol–water partition coefficient (Wildman–Crippen LogP) is 6.00. The maximum Gasteiger partial charge on any atom is 0.407 e. The van der Waals surface area contributed by atoms with Crippen LogP contribution in [0, 0.1) is 11.7 Å². The molecule has 3 atom stereocenters. The van der Waals surface area contributed by atoms with Gasteiger partial charge in [0.1, 0.15) is 23.5 Å². The smallest absolute Gasteiger partial charge is 0.407 e. The van der Waals surface area contributed by atoms with Crippen molar-refractivity contribution in [2.45, 2.75) is 57.7 Å². The Bertz CT molecular complexity index is 1640. The third-order valence-corrected chi connectivity index (χ3v) is 8.82. The summed E-state index contributed by atoms with van der Waals surface area (Å²) in [5, 5.41) is 12.9. The second-order valence-corrected chi connectivity index (χ2v) is 12.1. The number of likely N-dealkylation sites (N-methyl/N-ethyl adjacent to an activating group) is 1. The minimum absolute atomic E-state index is 0.169. The first-order valence-corrected chi connectivity index (χ1v) is 15.2. The van der Waals surface area contributed by atoms with E-state index in [4.69, 9.17) is 0 Å². The lowest BCUT2D eigenvalue weighted by Gasteiger charge is -2.33. The van der Waals surface area contributed by atoms with Crippen molar-refractivity contribution < 1.29 is 19.1 Å². The number of hydrogen-bond acceptors (Lipinski definition) is 5. The summed E-state index contributed by atoms with van der Waals surface area (Å²) in [6.07, 6.45) is 6.02. The van der Waals surface area contributed by atoms with Crippen molar-refractivity contribution in [2.24, 2.45) is 5.92 Å². The average molecular weight is 600 g/mol. The summed E-state index contributed by atoms with van der Waals surface area (Å²) in [6, 6.07) is 12.2. The molecule has 2 fully saturated rings. The molecule has 2 saturated heterocycles. The van der Waals surface area contributed by atoms with Crippen molar-refractivity contribution in [3.05, 3.63) is 72.3 Å². The summed E-state index contributed by atoms with van der Waals surface area (Å²) < 4.78 is 15.2. The standard InChI is InChI=1S/C33H38FN7O3/c1-19(2)29(40(3)33(43)44)32(42)41-15-5-7-28(41)31-37-17-26(38-31)21-10-8-20(9-11-21)22-12-13-23(24(34)16-22)27-18-36-30(39-27)25-6-4-14-35-25/h8-13,16-19,25,28-29,35H,4-7,14-15H2,1-3H3,(H,36,39)(H,37,38)(H,43,44)/t25?,28-,29-/m0/s1. The number of nitrogens with one attached hydrogen (secondary N) is 3. The van der Waals surface area contributed by atoms with Crippen LogP contribution in [0.2, 0.25) is 0 Å². The molecule has 0 radical (unpaired) electrons. The molecule has 11 heteroatoms. The number of aromatic nitrogens is 4. The van der Waals surface area contributed by atoms with Crippen molar-refractivity contribution in [2.75, 3.05) is 20.1 Å². The van der Waals surface area contributed by atoms with Gasteiger partial charge in [0.25, 0.3) is 0 Å². The van der Waals surface area contributed by atoms with Gasteiger partial charge >= 0.3 is 6.09 Å². The highest BCUT2D eigenvalue weighted by atomic mass is 19.1. The molecule has 2 aromatic carbocycles. The molecular formula is C33H38FN7O3. The summed E-state index contributed by atoms with van der Waals surface area (Å²) in [5.74, 6) is 0.837. The maximum absolute atomic E-state index is 15.2. The minimum atomic E-state index is -1.13. The van der Waals surface area contributed by atoms with Crippen molar-refractivity contribution in [3.63, 3.8) is 0 Å². The number of carbonyl (C=O) groups excluding carboxylic acids is 1. The van der Waals surface area contributed by atoms with E-state index >= 15 is 4.39 Å². The molecule has 4 N–H and O–H groups in total. The highest BCUT2D eigenvalue weighted by Crippen LogP contribution is 2.34.